The van der Waals surface area contributed by atoms with E-state index in [0.29, 0.717) is 12.2 Å². The first-order chi connectivity index (χ1) is 13.6. The molecule has 1 aliphatic heterocycles. The molecule has 1 aliphatic rings. The molecule has 0 bridgehead atoms. The second kappa shape index (κ2) is 7.85. The minimum absolute atomic E-state index is 0.0733. The number of nitrogens with one attached hydrogen (secondary N) is 1. The van der Waals surface area contributed by atoms with Crippen molar-refractivity contribution in [3.05, 3.63) is 64.0 Å². The molecule has 0 spiro atoms. The molecular formula is C23H27FN2O3. The minimum atomic E-state index is -0.756. The summed E-state index contributed by atoms with van der Waals surface area (Å²) in [6, 6.07) is 7.85. The number of hydrazine groups is 1. The summed E-state index contributed by atoms with van der Waals surface area (Å²) in [5, 5.41) is 1.20. The summed E-state index contributed by atoms with van der Waals surface area (Å²) in [7, 11) is 0. The number of fused-ring (bicyclic) bond motifs is 1. The predicted molar refractivity (Wildman–Crippen MR) is 110 cm³/mol. The summed E-state index contributed by atoms with van der Waals surface area (Å²) in [6.45, 7) is 9.69. The number of nitrogens with zero attached hydrogens (tertiary/aromatic N) is 1. The van der Waals surface area contributed by atoms with Gasteiger partial charge in [0.2, 0.25) is 0 Å². The van der Waals surface area contributed by atoms with Crippen molar-refractivity contribution in [1.82, 2.24) is 10.4 Å². The molecule has 1 N–H and O–H groups in total. The maximum Gasteiger partial charge on any atom is 0.275 e. The average Bonchev–Trinajstić information content (AvgIpc) is 2.67. The van der Waals surface area contributed by atoms with Crippen molar-refractivity contribution in [2.45, 2.75) is 53.0 Å². The molecular weight excluding hydrogens is 371 g/mol. The molecule has 2 aromatic carbocycles. The third kappa shape index (κ3) is 4.26. The number of aryl methyl sites for hydroxylation is 1. The lowest BCUT2D eigenvalue weighted by Crippen LogP contribution is -2.56. The van der Waals surface area contributed by atoms with Crippen molar-refractivity contribution in [1.29, 1.82) is 0 Å². The summed E-state index contributed by atoms with van der Waals surface area (Å²) in [6.07, 6.45) is 1.75. The molecule has 0 fully saturated rings. The molecule has 0 saturated carbocycles. The van der Waals surface area contributed by atoms with Crippen LogP contribution >= 0.6 is 0 Å². The fourth-order valence-corrected chi connectivity index (χ4v) is 3.46. The van der Waals surface area contributed by atoms with Crippen LogP contribution in [0, 0.1) is 19.7 Å². The molecule has 29 heavy (non-hydrogen) atoms. The van der Waals surface area contributed by atoms with Crippen LogP contribution in [0.15, 0.2) is 30.3 Å². The lowest BCUT2D eigenvalue weighted by atomic mass is 9.96. The molecule has 0 radical (unpaired) electrons. The lowest BCUT2D eigenvalue weighted by Gasteiger charge is -2.36. The molecule has 3 rings (SSSR count). The highest BCUT2D eigenvalue weighted by atomic mass is 19.1. The van der Waals surface area contributed by atoms with Crippen LogP contribution in [-0.2, 0) is 6.42 Å². The normalized spacial score (nSPS) is 13.3. The third-order valence-electron chi connectivity index (χ3n) is 5.07. The van der Waals surface area contributed by atoms with Crippen molar-refractivity contribution in [2.24, 2.45) is 0 Å². The molecule has 0 unspecified atom stereocenters. The van der Waals surface area contributed by atoms with Gasteiger partial charge in [0.1, 0.15) is 11.6 Å². The summed E-state index contributed by atoms with van der Waals surface area (Å²) >= 11 is 0. The van der Waals surface area contributed by atoms with E-state index >= 15 is 0 Å². The van der Waals surface area contributed by atoms with Crippen molar-refractivity contribution in [2.75, 3.05) is 6.61 Å². The van der Waals surface area contributed by atoms with Crippen LogP contribution in [-0.4, -0.2) is 29.0 Å². The first kappa shape index (κ1) is 20.8. The second-order valence-corrected chi connectivity index (χ2v) is 8.40. The minimum Gasteiger partial charge on any atom is -0.493 e. The molecule has 2 amide bonds. The summed E-state index contributed by atoms with van der Waals surface area (Å²) < 4.78 is 20.0. The number of rotatable bonds is 2. The van der Waals surface area contributed by atoms with Gasteiger partial charge in [0.25, 0.3) is 11.8 Å². The fourth-order valence-electron chi connectivity index (χ4n) is 3.46. The van der Waals surface area contributed by atoms with Gasteiger partial charge in [-0.15, -0.1) is 0 Å². The highest BCUT2D eigenvalue weighted by Gasteiger charge is 2.32. The van der Waals surface area contributed by atoms with E-state index in [-0.39, 0.29) is 5.56 Å². The number of hydrogen-bond donors (Lipinski definition) is 1. The quantitative estimate of drug-likeness (QED) is 0.765. The van der Waals surface area contributed by atoms with Crippen LogP contribution in [0.3, 0.4) is 0 Å². The molecule has 5 nitrogen and oxygen atoms in total. The van der Waals surface area contributed by atoms with Crippen molar-refractivity contribution in [3.63, 3.8) is 0 Å². The number of hydrogen-bond acceptors (Lipinski definition) is 3. The van der Waals surface area contributed by atoms with Crippen LogP contribution in [0.4, 0.5) is 4.39 Å². The van der Waals surface area contributed by atoms with Crippen molar-refractivity contribution in [3.8, 4) is 5.75 Å². The Balaban J connectivity index is 1.93. The predicted octanol–water partition coefficient (Wildman–Crippen LogP) is 4.35. The van der Waals surface area contributed by atoms with Gasteiger partial charge in [0.05, 0.1) is 17.7 Å². The summed E-state index contributed by atoms with van der Waals surface area (Å²) in [5.41, 5.74) is 4.96. The molecule has 2 aromatic rings. The van der Waals surface area contributed by atoms with Crippen LogP contribution in [0.1, 0.15) is 64.6 Å². The molecule has 0 saturated heterocycles. The fraction of sp³-hybridized carbons (Fsp3) is 0.391. The van der Waals surface area contributed by atoms with Gasteiger partial charge in [-0.05, 0) is 82.9 Å². The number of carbonyl (C=O) groups is 2. The Kier molecular flexibility index (Phi) is 5.64. The van der Waals surface area contributed by atoms with Crippen LogP contribution < -0.4 is 10.2 Å². The highest BCUT2D eigenvalue weighted by molar-refractivity contribution is 6.00. The van der Waals surface area contributed by atoms with E-state index in [0.717, 1.165) is 35.3 Å². The number of halogens is 1. The lowest BCUT2D eigenvalue weighted by molar-refractivity contribution is 0.0354. The molecule has 6 heteroatoms. The largest absolute Gasteiger partial charge is 0.493 e. The number of benzene rings is 2. The Bertz CT molecular complexity index is 963. The first-order valence-electron chi connectivity index (χ1n) is 9.76. The van der Waals surface area contributed by atoms with Crippen molar-refractivity contribution < 1.29 is 18.7 Å². The SMILES string of the molecule is Cc1ccc(F)c(C(=O)N(NC(=O)c2ccc3c(c2C)CCCO3)C(C)(C)C)c1. The summed E-state index contributed by atoms with van der Waals surface area (Å²) in [5.74, 6) is -0.819. The zero-order valence-electron chi connectivity index (χ0n) is 17.6. The molecule has 154 valence electrons. The number of amides is 2. The van der Waals surface area contributed by atoms with E-state index in [1.165, 1.54) is 17.1 Å². The van der Waals surface area contributed by atoms with Crippen molar-refractivity contribution >= 4 is 11.8 Å². The van der Waals surface area contributed by atoms with Crippen LogP contribution in [0.2, 0.25) is 0 Å². The van der Waals surface area contributed by atoms with Gasteiger partial charge in [-0.25, -0.2) is 9.40 Å². The topological polar surface area (TPSA) is 58.6 Å². The Morgan fingerprint density at radius 3 is 2.52 bits per heavy atom. The van der Waals surface area contributed by atoms with Crippen LogP contribution in [0.25, 0.3) is 0 Å². The zero-order chi connectivity index (χ0) is 21.3. The van der Waals surface area contributed by atoms with Gasteiger partial charge in [0, 0.05) is 5.56 Å². The van der Waals surface area contributed by atoms with Gasteiger partial charge in [-0.2, -0.15) is 0 Å². The molecule has 0 aliphatic carbocycles. The van der Waals surface area contributed by atoms with E-state index in [1.807, 2.05) is 6.92 Å². The third-order valence-corrected chi connectivity index (χ3v) is 5.07. The second-order valence-electron chi connectivity index (χ2n) is 8.40. The number of carbonyl (C=O) groups excluding carboxylic acids is 2. The van der Waals surface area contributed by atoms with Gasteiger partial charge < -0.3 is 4.74 Å². The van der Waals surface area contributed by atoms with E-state index in [2.05, 4.69) is 5.43 Å². The summed E-state index contributed by atoms with van der Waals surface area (Å²) in [4.78, 5) is 26.2. The maximum absolute atomic E-state index is 14.3. The average molecular weight is 398 g/mol. The Hall–Kier alpha value is -2.89. The van der Waals surface area contributed by atoms with E-state index < -0.39 is 23.2 Å². The van der Waals surface area contributed by atoms with E-state index in [1.54, 1.807) is 45.9 Å². The highest BCUT2D eigenvalue weighted by Crippen LogP contribution is 2.30. The van der Waals surface area contributed by atoms with Gasteiger partial charge in [-0.1, -0.05) is 11.6 Å². The molecule has 0 aromatic heterocycles. The van der Waals surface area contributed by atoms with Gasteiger partial charge in [-0.3, -0.25) is 15.0 Å². The standard InChI is InChI=1S/C23H27FN2O3/c1-14-8-10-19(24)18(13-14)22(28)26(23(3,4)5)25-21(27)17-9-11-20-16(15(17)2)7-6-12-29-20/h8-11,13H,6-7,12H2,1-5H3,(H,25,27). The smallest absolute Gasteiger partial charge is 0.275 e. The number of ether oxygens (including phenoxy) is 1. The van der Waals surface area contributed by atoms with Crippen LogP contribution in [0.5, 0.6) is 5.75 Å². The van der Waals surface area contributed by atoms with Gasteiger partial charge >= 0.3 is 0 Å². The maximum atomic E-state index is 14.3. The Labute approximate surface area is 170 Å². The Morgan fingerprint density at radius 2 is 1.83 bits per heavy atom. The first-order valence-corrected chi connectivity index (χ1v) is 9.76. The zero-order valence-corrected chi connectivity index (χ0v) is 17.6. The van der Waals surface area contributed by atoms with E-state index in [9.17, 15) is 14.0 Å². The van der Waals surface area contributed by atoms with Gasteiger partial charge in [0.15, 0.2) is 0 Å². The molecule has 1 heterocycles. The van der Waals surface area contributed by atoms with E-state index in [4.69, 9.17) is 4.74 Å². The molecule has 0 atom stereocenters. The monoisotopic (exact) mass is 398 g/mol. The Morgan fingerprint density at radius 1 is 1.10 bits per heavy atom.